The van der Waals surface area contributed by atoms with Crippen molar-refractivity contribution < 1.29 is 33.8 Å². The normalized spacial score (nSPS) is 20.4. The van der Waals surface area contributed by atoms with Crippen molar-refractivity contribution >= 4 is 23.6 Å². The van der Waals surface area contributed by atoms with Crippen LogP contribution in [0.1, 0.15) is 122 Å². The summed E-state index contributed by atoms with van der Waals surface area (Å²) in [5.41, 5.74) is 8.99. The van der Waals surface area contributed by atoms with E-state index in [1.807, 2.05) is 80.4 Å². The number of ether oxygens (including phenoxy) is 2. The summed E-state index contributed by atoms with van der Waals surface area (Å²) in [5.74, 6) is -2.15. The van der Waals surface area contributed by atoms with Gasteiger partial charge in [0.1, 0.15) is 5.54 Å². The maximum absolute atomic E-state index is 15.8. The molecule has 1 aliphatic heterocycles. The lowest BCUT2D eigenvalue weighted by Crippen LogP contribution is -2.68. The third-order valence-electron chi connectivity index (χ3n) is 14.6. The van der Waals surface area contributed by atoms with Gasteiger partial charge in [-0.05, 0) is 92.5 Å². The van der Waals surface area contributed by atoms with Gasteiger partial charge >= 0.3 is 0 Å². The minimum Gasteiger partial charge on any atom is -0.386 e. The SMILES string of the molecule is CO[C@H]([C@@H](C)C(=O)N[C@H](C)[C@@H](O)c1ccccc1)[C@@H]1CCCN1C(=O)C[C@@H](OC)[C@H](C1CCCC1)N(C)C(=O)[C@@](CC1c2ccccc2-c2ccccc21)(NC(=O)C(C)(C)N)C(C)C. The number of carbonyl (C=O) groups is 4. The number of methoxy groups -OCH3 is 2. The molecule has 348 valence electrons. The van der Waals surface area contributed by atoms with Crippen LogP contribution in [-0.4, -0.2) is 108 Å². The number of carbonyl (C=O) groups excluding carboxylic acids is 4. The molecule has 0 radical (unpaired) electrons. The first-order valence-corrected chi connectivity index (χ1v) is 23.4. The van der Waals surface area contributed by atoms with E-state index in [1.165, 1.54) is 0 Å². The Hall–Kier alpha value is -4.62. The van der Waals surface area contributed by atoms with Crippen molar-refractivity contribution in [3.63, 3.8) is 0 Å². The topological polar surface area (TPSA) is 164 Å². The Morgan fingerprint density at radius 1 is 0.844 bits per heavy atom. The first-order valence-electron chi connectivity index (χ1n) is 23.4. The highest BCUT2D eigenvalue weighted by Crippen LogP contribution is 2.49. The second kappa shape index (κ2) is 20.7. The van der Waals surface area contributed by atoms with E-state index in [-0.39, 0.29) is 47.9 Å². The summed E-state index contributed by atoms with van der Waals surface area (Å²) < 4.78 is 12.3. The number of nitrogens with two attached hydrogens (primary N) is 1. The summed E-state index contributed by atoms with van der Waals surface area (Å²) in [6.45, 7) is 11.3. The van der Waals surface area contributed by atoms with Gasteiger partial charge in [-0.25, -0.2) is 0 Å². The van der Waals surface area contributed by atoms with E-state index in [0.717, 1.165) is 54.4 Å². The average Bonchev–Trinajstić information content (AvgIpc) is 4.06. The molecular weight excluding hydrogens is 807 g/mol. The van der Waals surface area contributed by atoms with E-state index in [0.29, 0.717) is 24.9 Å². The zero-order chi connectivity index (χ0) is 46.5. The third kappa shape index (κ3) is 10.1. The van der Waals surface area contributed by atoms with E-state index in [4.69, 9.17) is 15.2 Å². The maximum Gasteiger partial charge on any atom is 0.248 e. The molecule has 4 amide bonds. The van der Waals surface area contributed by atoms with Crippen molar-refractivity contribution in [3.05, 3.63) is 95.6 Å². The Bertz CT molecular complexity index is 2040. The molecule has 3 aromatic carbocycles. The maximum atomic E-state index is 15.8. The molecule has 12 heteroatoms. The lowest BCUT2D eigenvalue weighted by molar-refractivity contribution is -0.153. The molecule has 2 fully saturated rings. The van der Waals surface area contributed by atoms with Crippen LogP contribution in [0, 0.1) is 17.8 Å². The van der Waals surface area contributed by atoms with Crippen LogP contribution in [0.15, 0.2) is 78.9 Å². The number of rotatable bonds is 19. The Morgan fingerprint density at radius 2 is 1.42 bits per heavy atom. The second-order valence-corrected chi connectivity index (χ2v) is 19.6. The van der Waals surface area contributed by atoms with Gasteiger partial charge in [-0.2, -0.15) is 0 Å². The Balaban J connectivity index is 1.27. The van der Waals surface area contributed by atoms with Crippen molar-refractivity contribution in [2.24, 2.45) is 23.5 Å². The van der Waals surface area contributed by atoms with Crippen molar-refractivity contribution in [2.75, 3.05) is 27.8 Å². The van der Waals surface area contributed by atoms with E-state index in [1.54, 1.807) is 46.8 Å². The van der Waals surface area contributed by atoms with Gasteiger partial charge in [-0.1, -0.05) is 112 Å². The number of aliphatic hydroxyl groups is 1. The molecule has 12 nitrogen and oxygen atoms in total. The van der Waals surface area contributed by atoms with Gasteiger partial charge in [0.2, 0.25) is 23.6 Å². The number of benzene rings is 3. The molecule has 3 aromatic rings. The lowest BCUT2D eigenvalue weighted by Gasteiger charge is -2.47. The third-order valence-corrected chi connectivity index (χ3v) is 14.6. The fourth-order valence-electron chi connectivity index (χ4n) is 10.9. The fraction of sp³-hybridized carbons (Fsp3) is 0.577. The summed E-state index contributed by atoms with van der Waals surface area (Å²) in [6, 6.07) is 24.4. The van der Waals surface area contributed by atoms with Gasteiger partial charge in [0.25, 0.3) is 0 Å². The number of aliphatic hydroxyl groups excluding tert-OH is 1. The van der Waals surface area contributed by atoms with Gasteiger partial charge in [0, 0.05) is 33.7 Å². The molecule has 1 heterocycles. The van der Waals surface area contributed by atoms with E-state index >= 15 is 4.79 Å². The Kier molecular flexibility index (Phi) is 15.8. The predicted octanol–water partition coefficient (Wildman–Crippen LogP) is 6.74. The molecule has 2 aliphatic carbocycles. The van der Waals surface area contributed by atoms with Crippen LogP contribution in [-0.2, 0) is 28.7 Å². The number of hydrogen-bond donors (Lipinski definition) is 4. The second-order valence-electron chi connectivity index (χ2n) is 19.6. The summed E-state index contributed by atoms with van der Waals surface area (Å²) in [4.78, 5) is 61.9. The minimum absolute atomic E-state index is 0.0172. The zero-order valence-corrected chi connectivity index (χ0v) is 39.5. The van der Waals surface area contributed by atoms with Crippen molar-refractivity contribution in [1.29, 1.82) is 0 Å². The molecule has 0 unspecified atom stereocenters. The zero-order valence-electron chi connectivity index (χ0n) is 39.5. The molecule has 1 saturated heterocycles. The standard InChI is InChI=1S/C52H73N5O7/c1-32(2)52(55-49(61)51(5,6)53,31-41-39-26-17-15-24-37(39)38-25-16-18-27-40(38)41)50(62)56(7)45(35-20-13-14-21-35)43(63-8)30-44(58)57-29-19-28-42(57)47(64-9)33(3)48(60)54-34(4)46(59)36-22-11-10-12-23-36/h10-12,15-18,22-27,32-35,41-43,45-47,59H,13-14,19-21,28-31,53H2,1-9H3,(H,54,60)(H,55,61)/t33-,34-,42+,43-,45+,46-,47-,52+/m1/s1. The summed E-state index contributed by atoms with van der Waals surface area (Å²) >= 11 is 0. The highest BCUT2D eigenvalue weighted by atomic mass is 16.5. The van der Waals surface area contributed by atoms with Crippen LogP contribution in [0.4, 0.5) is 0 Å². The van der Waals surface area contributed by atoms with Crippen molar-refractivity contribution in [3.8, 4) is 11.1 Å². The first-order chi connectivity index (χ1) is 30.4. The van der Waals surface area contributed by atoms with Crippen LogP contribution in [0.2, 0.25) is 0 Å². The molecule has 64 heavy (non-hydrogen) atoms. The van der Waals surface area contributed by atoms with Crippen LogP contribution in [0.3, 0.4) is 0 Å². The average molecular weight is 880 g/mol. The monoisotopic (exact) mass is 880 g/mol. The highest BCUT2D eigenvalue weighted by molar-refractivity contribution is 5.95. The summed E-state index contributed by atoms with van der Waals surface area (Å²) in [7, 11) is 4.99. The number of amides is 4. The largest absolute Gasteiger partial charge is 0.386 e. The fourth-order valence-corrected chi connectivity index (χ4v) is 10.9. The lowest BCUT2D eigenvalue weighted by atomic mass is 9.73. The minimum atomic E-state index is -1.38. The summed E-state index contributed by atoms with van der Waals surface area (Å²) in [5, 5.41) is 17.2. The first kappa shape index (κ1) is 48.8. The number of nitrogens with one attached hydrogen (secondary N) is 2. The Labute approximate surface area is 381 Å². The van der Waals surface area contributed by atoms with Crippen molar-refractivity contribution in [2.45, 2.75) is 146 Å². The number of fused-ring (bicyclic) bond motifs is 3. The van der Waals surface area contributed by atoms with Crippen LogP contribution >= 0.6 is 0 Å². The highest BCUT2D eigenvalue weighted by Gasteiger charge is 2.52. The molecule has 6 rings (SSSR count). The molecule has 0 bridgehead atoms. The van der Waals surface area contributed by atoms with Gasteiger partial charge < -0.3 is 40.7 Å². The molecule has 3 aliphatic rings. The van der Waals surface area contributed by atoms with Gasteiger partial charge in [0.05, 0.1) is 54.3 Å². The predicted molar refractivity (Wildman–Crippen MR) is 250 cm³/mol. The van der Waals surface area contributed by atoms with Gasteiger partial charge in [0.15, 0.2) is 0 Å². The van der Waals surface area contributed by atoms with Crippen LogP contribution < -0.4 is 16.4 Å². The van der Waals surface area contributed by atoms with Gasteiger partial charge in [-0.15, -0.1) is 0 Å². The molecule has 5 N–H and O–H groups in total. The number of hydrogen-bond acceptors (Lipinski definition) is 8. The van der Waals surface area contributed by atoms with E-state index < -0.39 is 53.3 Å². The number of likely N-dealkylation sites (N-methyl/N-ethyl adjacent to an activating group) is 1. The van der Waals surface area contributed by atoms with Crippen LogP contribution in [0.5, 0.6) is 0 Å². The smallest absolute Gasteiger partial charge is 0.248 e. The quantitative estimate of drug-likeness (QED) is 0.103. The molecule has 8 atom stereocenters. The van der Waals surface area contributed by atoms with Gasteiger partial charge in [-0.3, -0.25) is 19.2 Å². The Morgan fingerprint density at radius 3 is 1.97 bits per heavy atom. The molecule has 0 spiro atoms. The molecule has 1 saturated carbocycles. The summed E-state index contributed by atoms with van der Waals surface area (Å²) in [6.07, 6.45) is 3.33. The molecule has 0 aromatic heterocycles. The number of likely N-dealkylation sites (tertiary alicyclic amines) is 1. The number of nitrogens with zero attached hydrogens (tertiary/aromatic N) is 2. The van der Waals surface area contributed by atoms with Crippen LogP contribution in [0.25, 0.3) is 11.1 Å². The van der Waals surface area contributed by atoms with E-state index in [9.17, 15) is 19.5 Å². The molecular formula is C52H73N5O7. The van der Waals surface area contributed by atoms with E-state index in [2.05, 4.69) is 34.9 Å². The van der Waals surface area contributed by atoms with Crippen molar-refractivity contribution in [1.82, 2.24) is 20.4 Å².